The lowest BCUT2D eigenvalue weighted by Gasteiger charge is -2.24. The number of sulfonamides is 1. The van der Waals surface area contributed by atoms with Gasteiger partial charge in [0, 0.05) is 17.4 Å². The largest absolute Gasteiger partial charge is 0.382 e. The molecule has 0 heterocycles. The Balaban J connectivity index is 1.94. The van der Waals surface area contributed by atoms with Crippen molar-refractivity contribution >= 4 is 39.1 Å². The van der Waals surface area contributed by atoms with Crippen LogP contribution in [0.15, 0.2) is 24.3 Å². The van der Waals surface area contributed by atoms with Crippen LogP contribution in [0.3, 0.4) is 0 Å². The van der Waals surface area contributed by atoms with Gasteiger partial charge in [-0.25, -0.2) is 13.1 Å². The molecule has 6 nitrogen and oxygen atoms in total. The van der Waals surface area contributed by atoms with E-state index in [0.717, 1.165) is 5.69 Å². The summed E-state index contributed by atoms with van der Waals surface area (Å²) in [6.07, 6.45) is 8.66. The standard InChI is InChI=1S/C19H31N3O3S2/c1-3-27(24,25)22-18(13-14-26-2)19(23)21-17-11-9-16(10-12-17)20-15-7-5-4-6-8-15/h9-12,15,18,20,22H,3-8,13-14H2,1-2H3,(H,21,23). The molecule has 1 aromatic carbocycles. The predicted octanol–water partition coefficient (Wildman–Crippen LogP) is 3.43. The highest BCUT2D eigenvalue weighted by Gasteiger charge is 2.23. The summed E-state index contributed by atoms with van der Waals surface area (Å²) in [5.41, 5.74) is 1.71. The molecule has 27 heavy (non-hydrogen) atoms. The van der Waals surface area contributed by atoms with Crippen molar-refractivity contribution in [2.75, 3.05) is 28.4 Å². The first-order valence-electron chi connectivity index (χ1n) is 9.60. The lowest BCUT2D eigenvalue weighted by Crippen LogP contribution is -2.44. The number of hydrogen-bond acceptors (Lipinski definition) is 5. The Morgan fingerprint density at radius 3 is 2.37 bits per heavy atom. The van der Waals surface area contributed by atoms with Crippen LogP contribution >= 0.6 is 11.8 Å². The van der Waals surface area contributed by atoms with Crippen LogP contribution in [-0.4, -0.2) is 44.2 Å². The van der Waals surface area contributed by atoms with Crippen LogP contribution in [-0.2, 0) is 14.8 Å². The minimum absolute atomic E-state index is 0.0441. The van der Waals surface area contributed by atoms with Gasteiger partial charge in [0.05, 0.1) is 5.75 Å². The van der Waals surface area contributed by atoms with E-state index in [0.29, 0.717) is 23.9 Å². The van der Waals surface area contributed by atoms with Gasteiger partial charge < -0.3 is 10.6 Å². The number of carbonyl (C=O) groups excluding carboxylic acids is 1. The third-order valence-electron chi connectivity index (χ3n) is 4.76. The number of thioether (sulfide) groups is 1. The van der Waals surface area contributed by atoms with Gasteiger partial charge in [-0.05, 0) is 62.5 Å². The predicted molar refractivity (Wildman–Crippen MR) is 115 cm³/mol. The van der Waals surface area contributed by atoms with Gasteiger partial charge in [0.15, 0.2) is 0 Å². The first kappa shape index (κ1) is 22.0. The number of carbonyl (C=O) groups is 1. The smallest absolute Gasteiger partial charge is 0.242 e. The molecule has 3 N–H and O–H groups in total. The summed E-state index contributed by atoms with van der Waals surface area (Å²) in [5, 5.41) is 6.37. The normalized spacial score (nSPS) is 16.7. The van der Waals surface area contributed by atoms with E-state index in [4.69, 9.17) is 0 Å². The molecule has 1 fully saturated rings. The molecule has 0 aliphatic heterocycles. The van der Waals surface area contributed by atoms with Gasteiger partial charge in [0.2, 0.25) is 15.9 Å². The van der Waals surface area contributed by atoms with Crippen LogP contribution in [0.2, 0.25) is 0 Å². The number of benzene rings is 1. The SMILES string of the molecule is CCS(=O)(=O)NC(CCSC)C(=O)Nc1ccc(NC2CCCCC2)cc1. The van der Waals surface area contributed by atoms with E-state index in [2.05, 4.69) is 15.4 Å². The molecular formula is C19H31N3O3S2. The summed E-state index contributed by atoms with van der Waals surface area (Å²) in [7, 11) is -3.44. The highest BCUT2D eigenvalue weighted by atomic mass is 32.2. The maximum absolute atomic E-state index is 12.6. The van der Waals surface area contributed by atoms with Crippen molar-refractivity contribution in [1.82, 2.24) is 4.72 Å². The Morgan fingerprint density at radius 2 is 1.78 bits per heavy atom. The van der Waals surface area contributed by atoms with E-state index in [9.17, 15) is 13.2 Å². The fraction of sp³-hybridized carbons (Fsp3) is 0.632. The summed E-state index contributed by atoms with van der Waals surface area (Å²) >= 11 is 1.58. The second kappa shape index (κ2) is 10.9. The van der Waals surface area contributed by atoms with Crippen LogP contribution in [0.5, 0.6) is 0 Å². The van der Waals surface area contributed by atoms with E-state index < -0.39 is 16.1 Å². The third-order valence-corrected chi connectivity index (χ3v) is 6.81. The van der Waals surface area contributed by atoms with Crippen molar-refractivity contribution in [2.24, 2.45) is 0 Å². The summed E-state index contributed by atoms with van der Waals surface area (Å²) in [5.74, 6) is 0.334. The lowest BCUT2D eigenvalue weighted by molar-refractivity contribution is -0.117. The highest BCUT2D eigenvalue weighted by Crippen LogP contribution is 2.22. The topological polar surface area (TPSA) is 87.3 Å². The maximum Gasteiger partial charge on any atom is 0.242 e. The Kier molecular flexibility index (Phi) is 8.92. The zero-order chi connectivity index (χ0) is 19.7. The number of hydrogen-bond donors (Lipinski definition) is 3. The molecule has 0 radical (unpaired) electrons. The average molecular weight is 414 g/mol. The van der Waals surface area contributed by atoms with E-state index in [1.165, 1.54) is 32.1 Å². The van der Waals surface area contributed by atoms with Crippen molar-refractivity contribution in [2.45, 2.75) is 57.5 Å². The average Bonchev–Trinajstić information content (AvgIpc) is 2.67. The molecule has 0 aromatic heterocycles. The summed E-state index contributed by atoms with van der Waals surface area (Å²) in [6, 6.07) is 7.38. The fourth-order valence-corrected chi connectivity index (χ4v) is 4.44. The monoisotopic (exact) mass is 413 g/mol. The van der Waals surface area contributed by atoms with Crippen molar-refractivity contribution in [3.63, 3.8) is 0 Å². The van der Waals surface area contributed by atoms with Gasteiger partial charge in [-0.2, -0.15) is 11.8 Å². The number of rotatable bonds is 10. The van der Waals surface area contributed by atoms with Gasteiger partial charge in [0.25, 0.3) is 0 Å². The summed E-state index contributed by atoms with van der Waals surface area (Å²) in [6.45, 7) is 1.56. The molecule has 1 amide bonds. The Hall–Kier alpha value is -1.25. The summed E-state index contributed by atoms with van der Waals surface area (Å²) in [4.78, 5) is 12.6. The second-order valence-corrected chi connectivity index (χ2v) is 9.93. The van der Waals surface area contributed by atoms with Crippen molar-refractivity contribution in [3.05, 3.63) is 24.3 Å². The maximum atomic E-state index is 12.6. The lowest BCUT2D eigenvalue weighted by atomic mass is 9.95. The van der Waals surface area contributed by atoms with Crippen LogP contribution in [0, 0.1) is 0 Å². The van der Waals surface area contributed by atoms with E-state index >= 15 is 0 Å². The molecule has 1 aliphatic rings. The molecule has 2 rings (SSSR count). The van der Waals surface area contributed by atoms with Gasteiger partial charge in [-0.1, -0.05) is 19.3 Å². The Morgan fingerprint density at radius 1 is 1.15 bits per heavy atom. The number of nitrogens with one attached hydrogen (secondary N) is 3. The minimum Gasteiger partial charge on any atom is -0.382 e. The molecule has 152 valence electrons. The van der Waals surface area contributed by atoms with Gasteiger partial charge in [-0.3, -0.25) is 4.79 Å². The van der Waals surface area contributed by atoms with Gasteiger partial charge in [-0.15, -0.1) is 0 Å². The zero-order valence-electron chi connectivity index (χ0n) is 16.2. The van der Waals surface area contributed by atoms with Gasteiger partial charge in [0.1, 0.15) is 6.04 Å². The number of anilines is 2. The van der Waals surface area contributed by atoms with Crippen LogP contribution < -0.4 is 15.4 Å². The quantitative estimate of drug-likeness (QED) is 0.547. The van der Waals surface area contributed by atoms with Crippen LogP contribution in [0.25, 0.3) is 0 Å². The molecule has 1 aromatic rings. The molecule has 0 saturated heterocycles. The molecule has 0 bridgehead atoms. The highest BCUT2D eigenvalue weighted by molar-refractivity contribution is 7.98. The second-order valence-electron chi connectivity index (χ2n) is 6.90. The molecule has 0 spiro atoms. The van der Waals surface area contributed by atoms with E-state index in [1.807, 2.05) is 30.5 Å². The fourth-order valence-electron chi connectivity index (χ4n) is 3.14. The van der Waals surface area contributed by atoms with Crippen molar-refractivity contribution in [3.8, 4) is 0 Å². The minimum atomic E-state index is -3.44. The van der Waals surface area contributed by atoms with Gasteiger partial charge >= 0.3 is 0 Å². The summed E-state index contributed by atoms with van der Waals surface area (Å²) < 4.78 is 26.2. The van der Waals surface area contributed by atoms with Crippen LogP contribution in [0.4, 0.5) is 11.4 Å². The third kappa shape index (κ3) is 7.71. The first-order chi connectivity index (χ1) is 12.9. The van der Waals surface area contributed by atoms with Crippen molar-refractivity contribution in [1.29, 1.82) is 0 Å². The molecule has 1 aliphatic carbocycles. The molecule has 1 saturated carbocycles. The molecule has 1 atom stereocenters. The first-order valence-corrected chi connectivity index (χ1v) is 12.6. The molecular weight excluding hydrogens is 382 g/mol. The Bertz CT molecular complexity index is 687. The number of amides is 1. The molecule has 8 heteroatoms. The van der Waals surface area contributed by atoms with Crippen LogP contribution in [0.1, 0.15) is 45.4 Å². The zero-order valence-corrected chi connectivity index (χ0v) is 17.8. The van der Waals surface area contributed by atoms with E-state index in [1.54, 1.807) is 18.7 Å². The molecule has 1 unspecified atom stereocenters. The van der Waals surface area contributed by atoms with Crippen molar-refractivity contribution < 1.29 is 13.2 Å². The Labute approximate surface area is 167 Å². The van der Waals surface area contributed by atoms with E-state index in [-0.39, 0.29) is 11.7 Å².